The SMILES string of the molecule is CNC(CCc1nccn1C)C1CSc2ccccc2O1. The van der Waals surface area contributed by atoms with E-state index in [-0.39, 0.29) is 6.10 Å². The van der Waals surface area contributed by atoms with Gasteiger partial charge < -0.3 is 14.6 Å². The first-order valence-corrected chi connectivity index (χ1v) is 8.28. The van der Waals surface area contributed by atoms with E-state index in [1.54, 1.807) is 0 Å². The Morgan fingerprint density at radius 2 is 2.33 bits per heavy atom. The highest BCUT2D eigenvalue weighted by molar-refractivity contribution is 7.99. The molecule has 0 saturated heterocycles. The average Bonchev–Trinajstić information content (AvgIpc) is 2.93. The fourth-order valence-corrected chi connectivity index (χ4v) is 3.75. The van der Waals surface area contributed by atoms with E-state index in [4.69, 9.17) is 4.74 Å². The van der Waals surface area contributed by atoms with Gasteiger partial charge in [-0.1, -0.05) is 12.1 Å². The summed E-state index contributed by atoms with van der Waals surface area (Å²) in [5, 5.41) is 3.41. The van der Waals surface area contributed by atoms with Crippen molar-refractivity contribution >= 4 is 11.8 Å². The van der Waals surface area contributed by atoms with Crippen LogP contribution in [0.15, 0.2) is 41.6 Å². The molecular weight excluding hydrogens is 282 g/mol. The van der Waals surface area contributed by atoms with Gasteiger partial charge in [0.1, 0.15) is 17.7 Å². The van der Waals surface area contributed by atoms with Crippen LogP contribution in [0.2, 0.25) is 0 Å². The maximum absolute atomic E-state index is 6.17. The van der Waals surface area contributed by atoms with Crippen LogP contribution in [0.5, 0.6) is 5.75 Å². The quantitative estimate of drug-likeness (QED) is 0.921. The molecule has 1 aliphatic rings. The zero-order valence-corrected chi connectivity index (χ0v) is 13.3. The molecule has 4 nitrogen and oxygen atoms in total. The Labute approximate surface area is 129 Å². The van der Waals surface area contributed by atoms with E-state index in [2.05, 4.69) is 33.1 Å². The van der Waals surface area contributed by atoms with Gasteiger partial charge in [-0.25, -0.2) is 4.98 Å². The number of ether oxygens (including phenoxy) is 1. The molecule has 0 spiro atoms. The van der Waals surface area contributed by atoms with Gasteiger partial charge in [0, 0.05) is 42.6 Å². The van der Waals surface area contributed by atoms with Gasteiger partial charge in [0.2, 0.25) is 0 Å². The van der Waals surface area contributed by atoms with Gasteiger partial charge in [0.25, 0.3) is 0 Å². The van der Waals surface area contributed by atoms with E-state index >= 15 is 0 Å². The Morgan fingerprint density at radius 3 is 3.10 bits per heavy atom. The van der Waals surface area contributed by atoms with Gasteiger partial charge in [0.05, 0.1) is 0 Å². The zero-order valence-electron chi connectivity index (χ0n) is 12.5. The van der Waals surface area contributed by atoms with Crippen molar-refractivity contribution in [3.8, 4) is 5.75 Å². The summed E-state index contributed by atoms with van der Waals surface area (Å²) in [5.41, 5.74) is 0. The zero-order chi connectivity index (χ0) is 14.7. The lowest BCUT2D eigenvalue weighted by Gasteiger charge is -2.31. The molecule has 3 rings (SSSR count). The number of fused-ring (bicyclic) bond motifs is 1. The third-order valence-electron chi connectivity index (χ3n) is 3.95. The van der Waals surface area contributed by atoms with Crippen LogP contribution < -0.4 is 10.1 Å². The van der Waals surface area contributed by atoms with Gasteiger partial charge in [-0.3, -0.25) is 0 Å². The third-order valence-corrected chi connectivity index (χ3v) is 5.09. The summed E-state index contributed by atoms with van der Waals surface area (Å²) in [6.07, 6.45) is 6.03. The number of imidazole rings is 1. The smallest absolute Gasteiger partial charge is 0.133 e. The second kappa shape index (κ2) is 6.54. The summed E-state index contributed by atoms with van der Waals surface area (Å²) in [6.45, 7) is 0. The molecule has 112 valence electrons. The minimum Gasteiger partial charge on any atom is -0.487 e. The van der Waals surface area contributed by atoms with Crippen molar-refractivity contribution in [2.24, 2.45) is 7.05 Å². The molecule has 0 bridgehead atoms. The van der Waals surface area contributed by atoms with Gasteiger partial charge in [-0.15, -0.1) is 11.8 Å². The summed E-state index contributed by atoms with van der Waals surface area (Å²) in [5.74, 6) is 3.12. The second-order valence-corrected chi connectivity index (χ2v) is 6.36. The number of benzene rings is 1. The molecule has 2 atom stereocenters. The second-order valence-electron chi connectivity index (χ2n) is 5.30. The van der Waals surface area contributed by atoms with Crippen LogP contribution in [0, 0.1) is 0 Å². The monoisotopic (exact) mass is 303 g/mol. The number of hydrogen-bond donors (Lipinski definition) is 1. The number of para-hydroxylation sites is 1. The molecule has 0 saturated carbocycles. The van der Waals surface area contributed by atoms with E-state index in [1.165, 1.54) is 4.90 Å². The third kappa shape index (κ3) is 3.24. The van der Waals surface area contributed by atoms with Crippen LogP contribution >= 0.6 is 11.8 Å². The summed E-state index contributed by atoms with van der Waals surface area (Å²) >= 11 is 1.88. The average molecular weight is 303 g/mol. The summed E-state index contributed by atoms with van der Waals surface area (Å²) in [6, 6.07) is 8.61. The minimum atomic E-state index is 0.204. The largest absolute Gasteiger partial charge is 0.487 e. The molecule has 1 aliphatic heterocycles. The van der Waals surface area contributed by atoms with Crippen LogP contribution in [0.3, 0.4) is 0 Å². The van der Waals surface area contributed by atoms with E-state index < -0.39 is 0 Å². The number of rotatable bonds is 5. The molecule has 2 unspecified atom stereocenters. The normalized spacial score (nSPS) is 18.9. The molecule has 0 amide bonds. The molecule has 0 radical (unpaired) electrons. The lowest BCUT2D eigenvalue weighted by atomic mass is 10.1. The Hall–Kier alpha value is -1.46. The Balaban J connectivity index is 1.63. The first-order valence-electron chi connectivity index (χ1n) is 7.30. The molecule has 5 heteroatoms. The van der Waals surface area contributed by atoms with Crippen LogP contribution in [0.25, 0.3) is 0 Å². The molecule has 1 aromatic carbocycles. The predicted octanol–water partition coefficient (Wildman–Crippen LogP) is 2.49. The van der Waals surface area contributed by atoms with E-state index in [0.29, 0.717) is 6.04 Å². The van der Waals surface area contributed by atoms with Crippen molar-refractivity contribution in [3.63, 3.8) is 0 Å². The van der Waals surface area contributed by atoms with E-state index in [9.17, 15) is 0 Å². The molecule has 1 N–H and O–H groups in total. The highest BCUT2D eigenvalue weighted by Crippen LogP contribution is 2.36. The predicted molar refractivity (Wildman–Crippen MR) is 86.0 cm³/mol. The van der Waals surface area contributed by atoms with Crippen LogP contribution in [-0.4, -0.2) is 34.5 Å². The molecule has 1 aromatic heterocycles. The minimum absolute atomic E-state index is 0.204. The fraction of sp³-hybridized carbons (Fsp3) is 0.438. The summed E-state index contributed by atoms with van der Waals surface area (Å²) in [7, 11) is 4.05. The lowest BCUT2D eigenvalue weighted by molar-refractivity contribution is 0.165. The number of hydrogen-bond acceptors (Lipinski definition) is 4. The topological polar surface area (TPSA) is 39.1 Å². The highest BCUT2D eigenvalue weighted by Gasteiger charge is 2.27. The maximum Gasteiger partial charge on any atom is 0.133 e. The first kappa shape index (κ1) is 14.5. The van der Waals surface area contributed by atoms with Gasteiger partial charge in [0.15, 0.2) is 0 Å². The molecule has 0 fully saturated rings. The van der Waals surface area contributed by atoms with Crippen molar-refractivity contribution in [2.75, 3.05) is 12.8 Å². The number of nitrogens with one attached hydrogen (secondary N) is 1. The number of thioether (sulfide) groups is 1. The van der Waals surface area contributed by atoms with Crippen molar-refractivity contribution in [2.45, 2.75) is 29.9 Å². The van der Waals surface area contributed by atoms with Crippen LogP contribution in [0.1, 0.15) is 12.2 Å². The lowest BCUT2D eigenvalue weighted by Crippen LogP contribution is -2.44. The summed E-state index contributed by atoms with van der Waals surface area (Å²) in [4.78, 5) is 5.64. The Bertz CT molecular complexity index is 599. The molecule has 0 aliphatic carbocycles. The van der Waals surface area contributed by atoms with Gasteiger partial charge >= 0.3 is 0 Å². The molecule has 21 heavy (non-hydrogen) atoms. The van der Waals surface area contributed by atoms with E-state index in [0.717, 1.165) is 30.2 Å². The number of aryl methyl sites for hydroxylation is 2. The van der Waals surface area contributed by atoms with E-state index in [1.807, 2.05) is 44.3 Å². The Kier molecular flexibility index (Phi) is 4.51. The molecule has 2 aromatic rings. The molecular formula is C16H21N3OS. The Morgan fingerprint density at radius 1 is 1.48 bits per heavy atom. The molecule has 2 heterocycles. The van der Waals surface area contributed by atoms with Crippen molar-refractivity contribution in [3.05, 3.63) is 42.5 Å². The van der Waals surface area contributed by atoms with Crippen LogP contribution in [-0.2, 0) is 13.5 Å². The number of nitrogens with zero attached hydrogens (tertiary/aromatic N) is 2. The standard InChI is InChI=1S/C16H21N3OS/c1-17-12(7-8-16-18-9-10-19(16)2)14-11-21-15-6-4-3-5-13(15)20-14/h3-6,9-10,12,14,17H,7-8,11H2,1-2H3. The van der Waals surface area contributed by atoms with Crippen molar-refractivity contribution < 1.29 is 4.74 Å². The maximum atomic E-state index is 6.17. The highest BCUT2D eigenvalue weighted by atomic mass is 32.2. The van der Waals surface area contributed by atoms with Gasteiger partial charge in [-0.05, 0) is 25.6 Å². The number of aromatic nitrogens is 2. The van der Waals surface area contributed by atoms with Crippen molar-refractivity contribution in [1.82, 2.24) is 14.9 Å². The van der Waals surface area contributed by atoms with Crippen molar-refractivity contribution in [1.29, 1.82) is 0 Å². The number of likely N-dealkylation sites (N-methyl/N-ethyl adjacent to an activating group) is 1. The van der Waals surface area contributed by atoms with Crippen LogP contribution in [0.4, 0.5) is 0 Å². The fourth-order valence-electron chi connectivity index (χ4n) is 2.67. The first-order chi connectivity index (χ1) is 10.3. The van der Waals surface area contributed by atoms with Gasteiger partial charge in [-0.2, -0.15) is 0 Å². The summed E-state index contributed by atoms with van der Waals surface area (Å²) < 4.78 is 8.26.